The van der Waals surface area contributed by atoms with Gasteiger partial charge < -0.3 is 20.1 Å². The molecule has 0 spiro atoms. The van der Waals surface area contributed by atoms with Crippen molar-refractivity contribution in [1.82, 2.24) is 15.2 Å². The third kappa shape index (κ3) is 8.35. The highest BCUT2D eigenvalue weighted by atomic mass is 16.6. The fourth-order valence-electron chi connectivity index (χ4n) is 5.65. The maximum absolute atomic E-state index is 14.4. The molecule has 0 unspecified atom stereocenters. The molecule has 47 heavy (non-hydrogen) atoms. The summed E-state index contributed by atoms with van der Waals surface area (Å²) in [4.78, 5) is 41.2. The summed E-state index contributed by atoms with van der Waals surface area (Å²) in [5, 5.41) is 6.79. The van der Waals surface area contributed by atoms with E-state index in [1.807, 2.05) is 129 Å². The van der Waals surface area contributed by atoms with Gasteiger partial charge in [-0.15, -0.1) is 6.58 Å². The highest BCUT2D eigenvalue weighted by Gasteiger charge is 2.42. The van der Waals surface area contributed by atoms with Crippen molar-refractivity contribution in [3.8, 4) is 0 Å². The molecule has 0 aliphatic heterocycles. The summed E-state index contributed by atoms with van der Waals surface area (Å²) in [6.07, 6.45) is 0.546. The average molecular weight is 630 g/mol. The number of hydrogen-bond acceptors (Lipinski definition) is 5. The molecule has 0 radical (unpaired) electrons. The summed E-state index contributed by atoms with van der Waals surface area (Å²) in [5.41, 5.74) is 3.05. The van der Waals surface area contributed by atoms with Crippen molar-refractivity contribution >= 4 is 29.0 Å². The Hall–Kier alpha value is -5.63. The third-order valence-electron chi connectivity index (χ3n) is 7.93. The van der Waals surface area contributed by atoms with Crippen LogP contribution in [0, 0.1) is 0 Å². The summed E-state index contributed by atoms with van der Waals surface area (Å²) in [6.45, 7) is 7.94. The number of carbonyl (C=O) groups excluding carboxylic acids is 3. The van der Waals surface area contributed by atoms with E-state index in [0.717, 1.165) is 22.1 Å². The molecule has 5 rings (SSSR count). The molecule has 8 nitrogen and oxygen atoms in total. The van der Waals surface area contributed by atoms with Crippen LogP contribution in [0.1, 0.15) is 48.6 Å². The number of fused-ring (bicyclic) bond motifs is 1. The summed E-state index contributed by atoms with van der Waals surface area (Å²) in [7, 11) is 0. The Balaban J connectivity index is 1.49. The number of para-hydroxylation sites is 1. The molecule has 8 heteroatoms. The lowest BCUT2D eigenvalue weighted by atomic mass is 9.83. The Morgan fingerprint density at radius 1 is 0.787 bits per heavy atom. The first-order valence-electron chi connectivity index (χ1n) is 15.5. The molecule has 0 saturated carbocycles. The van der Waals surface area contributed by atoms with Crippen molar-refractivity contribution in [3.63, 3.8) is 0 Å². The van der Waals surface area contributed by atoms with Gasteiger partial charge in [-0.1, -0.05) is 115 Å². The standard InChI is InChI=1S/C39H39N3O5/c1-28(2)23-39(36(43)40-29(3)32-19-11-6-12-20-32,41-37(44)46-26-30-15-7-4-8-16-30)24-33-25-42(35-22-14-13-21-34(33)35)38(45)47-27-31-17-9-5-10-18-31/h4-22,25,29H,1,23-24,26-27H2,2-3H3,(H,40,43)(H,41,44)/t29-,39+/m0/s1. The van der Waals surface area contributed by atoms with E-state index in [1.54, 1.807) is 6.20 Å². The number of hydrogen-bond donors (Lipinski definition) is 2. The van der Waals surface area contributed by atoms with Gasteiger partial charge in [-0.3, -0.25) is 9.36 Å². The number of nitrogens with one attached hydrogen (secondary N) is 2. The molecule has 2 amide bonds. The molecule has 1 aromatic heterocycles. The van der Waals surface area contributed by atoms with Crippen LogP contribution in [0.4, 0.5) is 9.59 Å². The van der Waals surface area contributed by atoms with Gasteiger partial charge in [-0.2, -0.15) is 0 Å². The Morgan fingerprint density at radius 2 is 1.34 bits per heavy atom. The Labute approximate surface area is 275 Å². The lowest BCUT2D eigenvalue weighted by molar-refractivity contribution is -0.128. The first-order valence-corrected chi connectivity index (χ1v) is 15.5. The summed E-state index contributed by atoms with van der Waals surface area (Å²) < 4.78 is 12.7. The van der Waals surface area contributed by atoms with Crippen molar-refractivity contribution in [1.29, 1.82) is 0 Å². The van der Waals surface area contributed by atoms with E-state index in [-0.39, 0.29) is 32.1 Å². The van der Waals surface area contributed by atoms with E-state index in [0.29, 0.717) is 16.7 Å². The molecule has 5 aromatic rings. The summed E-state index contributed by atoms with van der Waals surface area (Å²) >= 11 is 0. The van der Waals surface area contributed by atoms with Gasteiger partial charge >= 0.3 is 12.2 Å². The largest absolute Gasteiger partial charge is 0.445 e. The number of nitrogens with zero attached hydrogens (tertiary/aromatic N) is 1. The van der Waals surface area contributed by atoms with Crippen LogP contribution in [-0.2, 0) is 33.9 Å². The van der Waals surface area contributed by atoms with Gasteiger partial charge in [0, 0.05) is 24.4 Å². The number of benzene rings is 4. The fraction of sp³-hybridized carbons (Fsp3) is 0.205. The van der Waals surface area contributed by atoms with Crippen LogP contribution in [0.3, 0.4) is 0 Å². The highest BCUT2D eigenvalue weighted by Crippen LogP contribution is 2.30. The van der Waals surface area contributed by atoms with E-state index in [4.69, 9.17) is 9.47 Å². The predicted octanol–water partition coefficient (Wildman–Crippen LogP) is 7.88. The number of alkyl carbamates (subject to hydrolysis) is 1. The van der Waals surface area contributed by atoms with Crippen LogP contribution >= 0.6 is 0 Å². The average Bonchev–Trinajstić information content (AvgIpc) is 3.45. The second kappa shape index (κ2) is 15.1. The molecule has 2 N–H and O–H groups in total. The van der Waals surface area contributed by atoms with Gasteiger partial charge in [-0.05, 0) is 42.2 Å². The number of ether oxygens (including phenoxy) is 2. The molecule has 240 valence electrons. The second-order valence-corrected chi connectivity index (χ2v) is 11.8. The van der Waals surface area contributed by atoms with E-state index < -0.39 is 23.6 Å². The van der Waals surface area contributed by atoms with Crippen molar-refractivity contribution in [2.45, 2.75) is 51.5 Å². The van der Waals surface area contributed by atoms with E-state index in [9.17, 15) is 14.4 Å². The van der Waals surface area contributed by atoms with Crippen LogP contribution in [0.15, 0.2) is 134 Å². The Kier molecular flexibility index (Phi) is 10.5. The minimum atomic E-state index is -1.51. The lowest BCUT2D eigenvalue weighted by Gasteiger charge is -2.34. The first kappa shape index (κ1) is 32.8. The molecule has 4 aromatic carbocycles. The zero-order chi connectivity index (χ0) is 33.2. The maximum atomic E-state index is 14.4. The van der Waals surface area contributed by atoms with Gasteiger partial charge in [0.25, 0.3) is 0 Å². The van der Waals surface area contributed by atoms with Crippen molar-refractivity contribution < 1.29 is 23.9 Å². The summed E-state index contributed by atoms with van der Waals surface area (Å²) in [6, 6.07) is 35.4. The van der Waals surface area contributed by atoms with Crippen LogP contribution < -0.4 is 10.6 Å². The van der Waals surface area contributed by atoms with Crippen LogP contribution in [0.5, 0.6) is 0 Å². The molecule has 0 saturated heterocycles. The molecule has 0 bridgehead atoms. The van der Waals surface area contributed by atoms with Gasteiger partial charge in [0.05, 0.1) is 11.6 Å². The molecular weight excluding hydrogens is 590 g/mol. The normalized spacial score (nSPS) is 12.8. The zero-order valence-corrected chi connectivity index (χ0v) is 26.6. The number of aromatic nitrogens is 1. The molecule has 0 aliphatic carbocycles. The lowest BCUT2D eigenvalue weighted by Crippen LogP contribution is -2.60. The smallest absolute Gasteiger partial charge is 0.418 e. The second-order valence-electron chi connectivity index (χ2n) is 11.8. The molecule has 0 fully saturated rings. The van der Waals surface area contributed by atoms with E-state index in [2.05, 4.69) is 17.2 Å². The molecule has 0 aliphatic rings. The fourth-order valence-corrected chi connectivity index (χ4v) is 5.65. The topological polar surface area (TPSA) is 98.7 Å². The molecule has 2 atom stereocenters. The van der Waals surface area contributed by atoms with E-state index in [1.165, 1.54) is 4.57 Å². The predicted molar refractivity (Wildman–Crippen MR) is 183 cm³/mol. The van der Waals surface area contributed by atoms with Crippen LogP contribution in [0.2, 0.25) is 0 Å². The number of carbonyl (C=O) groups is 3. The Morgan fingerprint density at radius 3 is 1.96 bits per heavy atom. The van der Waals surface area contributed by atoms with Gasteiger partial charge in [0.2, 0.25) is 5.91 Å². The Bertz CT molecular complexity index is 1840. The quantitative estimate of drug-likeness (QED) is 0.137. The SMILES string of the molecule is C=C(C)C[C@](Cc1cn(C(=O)OCc2ccccc2)c2ccccc12)(NC(=O)OCc1ccccc1)C(=O)N[C@@H](C)c1ccccc1. The van der Waals surface area contributed by atoms with Gasteiger partial charge in [-0.25, -0.2) is 9.59 Å². The highest BCUT2D eigenvalue weighted by molar-refractivity contribution is 5.95. The van der Waals surface area contributed by atoms with Crippen molar-refractivity contribution in [3.05, 3.63) is 156 Å². The zero-order valence-electron chi connectivity index (χ0n) is 26.6. The summed E-state index contributed by atoms with van der Waals surface area (Å²) in [5.74, 6) is -0.406. The maximum Gasteiger partial charge on any atom is 0.418 e. The van der Waals surface area contributed by atoms with Crippen molar-refractivity contribution in [2.75, 3.05) is 0 Å². The molecular formula is C39H39N3O5. The first-order chi connectivity index (χ1) is 22.7. The van der Waals surface area contributed by atoms with Gasteiger partial charge in [0.1, 0.15) is 18.8 Å². The minimum absolute atomic E-state index is 0.0322. The monoisotopic (exact) mass is 629 g/mol. The van der Waals surface area contributed by atoms with Gasteiger partial charge in [0.15, 0.2) is 0 Å². The van der Waals surface area contributed by atoms with E-state index >= 15 is 0 Å². The molecule has 1 heterocycles. The minimum Gasteiger partial charge on any atom is -0.445 e. The number of rotatable bonds is 12. The number of amides is 2. The van der Waals surface area contributed by atoms with Crippen LogP contribution in [0.25, 0.3) is 10.9 Å². The van der Waals surface area contributed by atoms with Crippen molar-refractivity contribution in [2.24, 2.45) is 0 Å². The third-order valence-corrected chi connectivity index (χ3v) is 7.93. The van der Waals surface area contributed by atoms with Crippen LogP contribution in [-0.4, -0.2) is 28.2 Å².